The summed E-state index contributed by atoms with van der Waals surface area (Å²) in [6.07, 6.45) is 2.47. The molecule has 0 saturated heterocycles. The fourth-order valence-corrected chi connectivity index (χ4v) is 2.22. The molecule has 2 nitrogen and oxygen atoms in total. The third-order valence-corrected chi connectivity index (χ3v) is 3.40. The maximum absolute atomic E-state index is 9.67. The fourth-order valence-electron chi connectivity index (χ4n) is 2.22. The van der Waals surface area contributed by atoms with Gasteiger partial charge in [0.05, 0.1) is 12.1 Å². The fraction of sp³-hybridized carbons (Fsp3) is 0.571. The van der Waals surface area contributed by atoms with Crippen LogP contribution in [0.5, 0.6) is 0 Å². The van der Waals surface area contributed by atoms with Gasteiger partial charge < -0.3 is 10.4 Å². The van der Waals surface area contributed by atoms with Crippen molar-refractivity contribution < 1.29 is 5.11 Å². The summed E-state index contributed by atoms with van der Waals surface area (Å²) in [5.74, 6) is 0. The summed E-state index contributed by atoms with van der Waals surface area (Å²) < 4.78 is 0. The van der Waals surface area contributed by atoms with Crippen LogP contribution in [-0.2, 0) is 5.54 Å². The Morgan fingerprint density at radius 2 is 2.06 bits per heavy atom. The highest BCUT2D eigenvalue weighted by Gasteiger charge is 2.34. The van der Waals surface area contributed by atoms with Gasteiger partial charge in [0.25, 0.3) is 0 Å². The first-order valence-electron chi connectivity index (χ1n) is 6.01. The maximum Gasteiger partial charge on any atom is 0.0652 e. The Morgan fingerprint density at radius 1 is 1.38 bits per heavy atom. The van der Waals surface area contributed by atoms with Crippen LogP contribution in [0.4, 0.5) is 0 Å². The molecule has 1 aromatic rings. The van der Waals surface area contributed by atoms with E-state index in [0.717, 1.165) is 0 Å². The molecule has 1 aliphatic rings. The molecule has 1 aromatic carbocycles. The molecule has 1 atom stereocenters. The molecule has 1 aliphatic carbocycles. The molecule has 88 valence electrons. The molecule has 0 aliphatic heterocycles. The van der Waals surface area contributed by atoms with Gasteiger partial charge >= 0.3 is 0 Å². The van der Waals surface area contributed by atoms with Crippen LogP contribution in [0.3, 0.4) is 0 Å². The number of aliphatic hydroxyl groups is 1. The van der Waals surface area contributed by atoms with Crippen LogP contribution < -0.4 is 5.32 Å². The predicted octanol–water partition coefficient (Wildman–Crippen LogP) is 2.26. The quantitative estimate of drug-likeness (QED) is 0.814. The van der Waals surface area contributed by atoms with Crippen molar-refractivity contribution in [1.29, 1.82) is 0 Å². The summed E-state index contributed by atoms with van der Waals surface area (Å²) in [5.41, 5.74) is 3.42. The highest BCUT2D eigenvalue weighted by Crippen LogP contribution is 2.30. The molecule has 0 spiro atoms. The van der Waals surface area contributed by atoms with Crippen LogP contribution >= 0.6 is 0 Å². The Balaban J connectivity index is 2.33. The lowest BCUT2D eigenvalue weighted by Gasteiger charge is -2.31. The van der Waals surface area contributed by atoms with Crippen LogP contribution in [-0.4, -0.2) is 17.8 Å². The third-order valence-electron chi connectivity index (χ3n) is 3.40. The van der Waals surface area contributed by atoms with Crippen LogP contribution in [0.25, 0.3) is 0 Å². The molecular weight excluding hydrogens is 198 g/mol. The second-order valence-corrected chi connectivity index (χ2v) is 5.23. The number of hydrogen-bond donors (Lipinski definition) is 2. The molecule has 0 radical (unpaired) electrons. The molecule has 2 heteroatoms. The van der Waals surface area contributed by atoms with Crippen molar-refractivity contribution >= 4 is 0 Å². The van der Waals surface area contributed by atoms with Crippen LogP contribution in [0.1, 0.15) is 36.5 Å². The minimum absolute atomic E-state index is 0.147. The van der Waals surface area contributed by atoms with Crippen molar-refractivity contribution in [2.45, 2.75) is 45.2 Å². The van der Waals surface area contributed by atoms with E-state index < -0.39 is 0 Å². The summed E-state index contributed by atoms with van der Waals surface area (Å²) >= 11 is 0. The van der Waals surface area contributed by atoms with Gasteiger partial charge in [-0.3, -0.25) is 0 Å². The lowest BCUT2D eigenvalue weighted by molar-refractivity contribution is 0.172. The lowest BCUT2D eigenvalue weighted by Crippen LogP contribution is -2.44. The van der Waals surface area contributed by atoms with Crippen molar-refractivity contribution in [3.63, 3.8) is 0 Å². The molecular formula is C14H21NO. The van der Waals surface area contributed by atoms with Crippen molar-refractivity contribution in [3.05, 3.63) is 34.9 Å². The topological polar surface area (TPSA) is 32.3 Å². The minimum atomic E-state index is -0.294. The van der Waals surface area contributed by atoms with E-state index in [1.54, 1.807) is 0 Å². The van der Waals surface area contributed by atoms with Gasteiger partial charge in [0.2, 0.25) is 0 Å². The number of rotatable bonds is 4. The molecule has 1 unspecified atom stereocenters. The van der Waals surface area contributed by atoms with Gasteiger partial charge in [0.15, 0.2) is 0 Å². The van der Waals surface area contributed by atoms with Crippen molar-refractivity contribution in [1.82, 2.24) is 5.32 Å². The minimum Gasteiger partial charge on any atom is -0.394 e. The summed E-state index contributed by atoms with van der Waals surface area (Å²) in [7, 11) is 0. The van der Waals surface area contributed by atoms with E-state index in [1.807, 2.05) is 0 Å². The normalized spacial score (nSPS) is 19.5. The second kappa shape index (κ2) is 4.19. The van der Waals surface area contributed by atoms with E-state index >= 15 is 0 Å². The van der Waals surface area contributed by atoms with E-state index in [-0.39, 0.29) is 12.1 Å². The average Bonchev–Trinajstić information content (AvgIpc) is 3.05. The second-order valence-electron chi connectivity index (χ2n) is 5.23. The van der Waals surface area contributed by atoms with Crippen LogP contribution in [0.15, 0.2) is 18.2 Å². The number of hydrogen-bond acceptors (Lipinski definition) is 2. The van der Waals surface area contributed by atoms with E-state index in [9.17, 15) is 5.11 Å². The zero-order chi connectivity index (χ0) is 11.8. The van der Waals surface area contributed by atoms with Gasteiger partial charge in [-0.2, -0.15) is 0 Å². The number of nitrogens with one attached hydrogen (secondary N) is 1. The molecule has 0 amide bonds. The highest BCUT2D eigenvalue weighted by atomic mass is 16.3. The molecule has 0 bridgehead atoms. The van der Waals surface area contributed by atoms with E-state index in [1.165, 1.54) is 29.5 Å². The van der Waals surface area contributed by atoms with E-state index in [4.69, 9.17) is 0 Å². The zero-order valence-corrected chi connectivity index (χ0v) is 10.4. The maximum atomic E-state index is 9.67. The monoisotopic (exact) mass is 219 g/mol. The average molecular weight is 219 g/mol. The molecule has 1 fully saturated rings. The van der Waals surface area contributed by atoms with Gasteiger partial charge in [-0.05, 0) is 44.7 Å². The predicted molar refractivity (Wildman–Crippen MR) is 66.5 cm³/mol. The Hall–Kier alpha value is -0.860. The third kappa shape index (κ3) is 2.28. The van der Waals surface area contributed by atoms with Gasteiger partial charge in [-0.15, -0.1) is 0 Å². The first-order chi connectivity index (χ1) is 7.55. The SMILES string of the molecule is Cc1ccc(C)c(C(C)(CO)NC2CC2)c1. The molecule has 0 heterocycles. The van der Waals surface area contributed by atoms with Gasteiger partial charge in [0.1, 0.15) is 0 Å². The largest absolute Gasteiger partial charge is 0.394 e. The smallest absolute Gasteiger partial charge is 0.0652 e. The number of aryl methyl sites for hydroxylation is 2. The van der Waals surface area contributed by atoms with Gasteiger partial charge in [-0.25, -0.2) is 0 Å². The molecule has 16 heavy (non-hydrogen) atoms. The Labute approximate surface area is 97.7 Å². The van der Waals surface area contributed by atoms with Gasteiger partial charge in [0, 0.05) is 6.04 Å². The number of benzene rings is 1. The standard InChI is InChI=1S/C14H21NO/c1-10-4-5-11(2)13(8-10)14(3,9-16)15-12-6-7-12/h4-5,8,12,15-16H,6-7,9H2,1-3H3. The number of aliphatic hydroxyl groups excluding tert-OH is 1. The van der Waals surface area contributed by atoms with Crippen LogP contribution in [0.2, 0.25) is 0 Å². The Morgan fingerprint density at radius 3 is 2.62 bits per heavy atom. The highest BCUT2D eigenvalue weighted by molar-refractivity contribution is 5.36. The molecule has 2 rings (SSSR count). The van der Waals surface area contributed by atoms with E-state index in [0.29, 0.717) is 6.04 Å². The first-order valence-corrected chi connectivity index (χ1v) is 6.01. The molecule has 1 saturated carbocycles. The lowest BCUT2D eigenvalue weighted by atomic mass is 9.88. The summed E-state index contributed by atoms with van der Waals surface area (Å²) in [4.78, 5) is 0. The zero-order valence-electron chi connectivity index (χ0n) is 10.4. The van der Waals surface area contributed by atoms with Crippen molar-refractivity contribution in [3.8, 4) is 0 Å². The van der Waals surface area contributed by atoms with Crippen molar-refractivity contribution in [2.75, 3.05) is 6.61 Å². The summed E-state index contributed by atoms with van der Waals surface area (Å²) in [6, 6.07) is 7.03. The molecule has 2 N–H and O–H groups in total. The van der Waals surface area contributed by atoms with Crippen molar-refractivity contribution in [2.24, 2.45) is 0 Å². The summed E-state index contributed by atoms with van der Waals surface area (Å²) in [6.45, 7) is 6.44. The van der Waals surface area contributed by atoms with Gasteiger partial charge in [-0.1, -0.05) is 23.8 Å². The van der Waals surface area contributed by atoms with E-state index in [2.05, 4.69) is 44.3 Å². The Bertz CT molecular complexity index is 384. The first kappa shape index (κ1) is 11.6. The van der Waals surface area contributed by atoms with Crippen LogP contribution in [0, 0.1) is 13.8 Å². The summed E-state index contributed by atoms with van der Waals surface area (Å²) in [5, 5.41) is 13.2. The Kier molecular flexibility index (Phi) is 3.04. The molecule has 0 aromatic heterocycles.